The van der Waals surface area contributed by atoms with Crippen molar-refractivity contribution in [1.29, 1.82) is 0 Å². The summed E-state index contributed by atoms with van der Waals surface area (Å²) in [7, 11) is 1.62. The minimum Gasteiger partial charge on any atom is -0.378 e. The van der Waals surface area contributed by atoms with E-state index >= 15 is 0 Å². The topological polar surface area (TPSA) is 112 Å². The summed E-state index contributed by atoms with van der Waals surface area (Å²) < 4.78 is 42.9. The molecule has 2 N–H and O–H groups in total. The molecule has 1 saturated heterocycles. The van der Waals surface area contributed by atoms with Crippen LogP contribution in [0.2, 0.25) is 0 Å². The lowest BCUT2D eigenvalue weighted by atomic mass is 10.1. The Morgan fingerprint density at radius 2 is 1.90 bits per heavy atom. The standard InChI is InChI=1S/C27H29F3N8O2/c1-17(37-7-9-38(10-8-37)25(39)14-27(28,29)30)18-5-6-31-24(12-18)36-26-34-21-4-3-19(11-23(21)35-26)22-13-20(15-40-2)32-16-33-22/h3-6,11-13,16-17H,7-10,14-15H2,1-2H3,(H2,31,34,35,36). The van der Waals surface area contributed by atoms with Crippen LogP contribution in [0.3, 0.4) is 0 Å². The first-order valence-corrected chi connectivity index (χ1v) is 12.8. The van der Waals surface area contributed by atoms with Crippen LogP contribution in [0.15, 0.2) is 48.9 Å². The van der Waals surface area contributed by atoms with Crippen molar-refractivity contribution in [1.82, 2.24) is 34.7 Å². The highest BCUT2D eigenvalue weighted by molar-refractivity contribution is 5.83. The van der Waals surface area contributed by atoms with Crippen molar-refractivity contribution in [3.8, 4) is 11.3 Å². The molecule has 13 heteroatoms. The molecule has 0 aliphatic carbocycles. The van der Waals surface area contributed by atoms with E-state index in [1.165, 1.54) is 11.2 Å². The summed E-state index contributed by atoms with van der Waals surface area (Å²) in [5.74, 6) is 0.257. The number of fused-ring (bicyclic) bond motifs is 1. The number of pyridine rings is 1. The number of hydrogen-bond donors (Lipinski definition) is 2. The average molecular weight is 555 g/mol. The van der Waals surface area contributed by atoms with E-state index < -0.39 is 18.5 Å². The molecule has 0 spiro atoms. The molecule has 210 valence electrons. The van der Waals surface area contributed by atoms with Gasteiger partial charge in [0.1, 0.15) is 18.6 Å². The van der Waals surface area contributed by atoms with Crippen molar-refractivity contribution >= 4 is 28.7 Å². The van der Waals surface area contributed by atoms with Gasteiger partial charge in [-0.2, -0.15) is 13.2 Å². The van der Waals surface area contributed by atoms with E-state index in [4.69, 9.17) is 4.74 Å². The Balaban J connectivity index is 1.24. The fraction of sp³-hybridized carbons (Fsp3) is 0.370. The number of benzene rings is 1. The van der Waals surface area contributed by atoms with Gasteiger partial charge in [-0.1, -0.05) is 6.07 Å². The molecule has 40 heavy (non-hydrogen) atoms. The maximum absolute atomic E-state index is 12.6. The summed E-state index contributed by atoms with van der Waals surface area (Å²) in [6.07, 6.45) is -2.69. The third-order valence-corrected chi connectivity index (χ3v) is 6.87. The number of nitrogens with one attached hydrogen (secondary N) is 2. The Kier molecular flexibility index (Phi) is 7.94. The lowest BCUT2D eigenvalue weighted by Crippen LogP contribution is -2.50. The van der Waals surface area contributed by atoms with Gasteiger partial charge in [0, 0.05) is 51.1 Å². The third kappa shape index (κ3) is 6.54. The van der Waals surface area contributed by atoms with Gasteiger partial charge in [-0.25, -0.2) is 19.9 Å². The molecule has 4 heterocycles. The predicted molar refractivity (Wildman–Crippen MR) is 143 cm³/mol. The number of methoxy groups -OCH3 is 1. The van der Waals surface area contributed by atoms with Crippen molar-refractivity contribution in [3.63, 3.8) is 0 Å². The maximum Gasteiger partial charge on any atom is 0.397 e. The van der Waals surface area contributed by atoms with E-state index in [1.807, 2.05) is 43.3 Å². The van der Waals surface area contributed by atoms with Crippen LogP contribution in [0.5, 0.6) is 0 Å². The van der Waals surface area contributed by atoms with Gasteiger partial charge in [0.2, 0.25) is 11.9 Å². The third-order valence-electron chi connectivity index (χ3n) is 6.87. The van der Waals surface area contributed by atoms with Crippen LogP contribution in [-0.4, -0.2) is 80.1 Å². The highest BCUT2D eigenvalue weighted by Crippen LogP contribution is 2.27. The zero-order chi connectivity index (χ0) is 28.3. The first-order valence-electron chi connectivity index (χ1n) is 12.8. The number of piperazine rings is 1. The average Bonchev–Trinajstić information content (AvgIpc) is 3.34. The Morgan fingerprint density at radius 1 is 1.10 bits per heavy atom. The number of aromatic nitrogens is 5. The number of carbonyl (C=O) groups is 1. The summed E-state index contributed by atoms with van der Waals surface area (Å²) in [4.78, 5) is 36.2. The summed E-state index contributed by atoms with van der Waals surface area (Å²) in [5, 5.41) is 3.22. The maximum atomic E-state index is 12.6. The summed E-state index contributed by atoms with van der Waals surface area (Å²) in [6.45, 7) is 3.93. The number of halogens is 3. The molecule has 0 bridgehead atoms. The number of alkyl halides is 3. The minimum atomic E-state index is -4.49. The first kappa shape index (κ1) is 27.5. The largest absolute Gasteiger partial charge is 0.397 e. The second-order valence-electron chi connectivity index (χ2n) is 9.63. The minimum absolute atomic E-state index is 0.0162. The fourth-order valence-corrected chi connectivity index (χ4v) is 4.76. The van der Waals surface area contributed by atoms with Crippen LogP contribution < -0.4 is 5.32 Å². The molecular weight excluding hydrogens is 525 g/mol. The molecule has 1 atom stereocenters. The Hall–Kier alpha value is -4.10. The number of anilines is 2. The summed E-state index contributed by atoms with van der Waals surface area (Å²) in [6, 6.07) is 11.5. The van der Waals surface area contributed by atoms with Crippen LogP contribution in [0.25, 0.3) is 22.3 Å². The fourth-order valence-electron chi connectivity index (χ4n) is 4.76. The number of hydrogen-bond acceptors (Lipinski definition) is 8. The van der Waals surface area contributed by atoms with Crippen LogP contribution in [0, 0.1) is 0 Å². The van der Waals surface area contributed by atoms with Crippen molar-refractivity contribution in [3.05, 3.63) is 60.2 Å². The molecule has 3 aromatic heterocycles. The number of carbonyl (C=O) groups excluding carboxylic acids is 1. The van der Waals surface area contributed by atoms with Gasteiger partial charge in [-0.15, -0.1) is 0 Å². The summed E-state index contributed by atoms with van der Waals surface area (Å²) >= 11 is 0. The number of aromatic amines is 1. The highest BCUT2D eigenvalue weighted by atomic mass is 19.4. The zero-order valence-corrected chi connectivity index (χ0v) is 22.1. The summed E-state index contributed by atoms with van der Waals surface area (Å²) in [5.41, 5.74) is 5.07. The van der Waals surface area contributed by atoms with Crippen LogP contribution in [-0.2, 0) is 16.1 Å². The molecule has 1 aromatic carbocycles. The van der Waals surface area contributed by atoms with Crippen LogP contribution >= 0.6 is 0 Å². The Labute approximate surface area is 228 Å². The molecule has 1 fully saturated rings. The molecule has 1 aliphatic rings. The number of nitrogens with zero attached hydrogens (tertiary/aromatic N) is 6. The van der Waals surface area contributed by atoms with E-state index in [-0.39, 0.29) is 19.1 Å². The smallest absolute Gasteiger partial charge is 0.378 e. The van der Waals surface area contributed by atoms with Crippen molar-refractivity contribution in [2.24, 2.45) is 0 Å². The number of imidazole rings is 1. The number of amides is 1. The van der Waals surface area contributed by atoms with E-state index in [1.54, 1.807) is 13.3 Å². The van der Waals surface area contributed by atoms with Gasteiger partial charge in [-0.05, 0) is 42.8 Å². The van der Waals surface area contributed by atoms with Gasteiger partial charge in [0.25, 0.3) is 0 Å². The molecule has 0 radical (unpaired) electrons. The van der Waals surface area contributed by atoms with Crippen molar-refractivity contribution in [2.45, 2.75) is 32.2 Å². The van der Waals surface area contributed by atoms with Crippen LogP contribution in [0.1, 0.15) is 30.6 Å². The van der Waals surface area contributed by atoms with E-state index in [9.17, 15) is 18.0 Å². The molecule has 1 unspecified atom stereocenters. The molecule has 1 amide bonds. The number of rotatable bonds is 8. The second-order valence-corrected chi connectivity index (χ2v) is 9.63. The molecule has 10 nitrogen and oxygen atoms in total. The van der Waals surface area contributed by atoms with Crippen molar-refractivity contribution < 1.29 is 22.7 Å². The van der Waals surface area contributed by atoms with E-state index in [0.29, 0.717) is 31.5 Å². The lowest BCUT2D eigenvalue weighted by molar-refractivity contribution is -0.162. The molecule has 1 aliphatic heterocycles. The quantitative estimate of drug-likeness (QED) is 0.328. The van der Waals surface area contributed by atoms with Gasteiger partial charge in [0.15, 0.2) is 0 Å². The van der Waals surface area contributed by atoms with Gasteiger partial charge in [-0.3, -0.25) is 9.69 Å². The molecule has 0 saturated carbocycles. The van der Waals surface area contributed by atoms with Crippen molar-refractivity contribution in [2.75, 3.05) is 38.6 Å². The predicted octanol–water partition coefficient (Wildman–Crippen LogP) is 4.46. The highest BCUT2D eigenvalue weighted by Gasteiger charge is 2.35. The van der Waals surface area contributed by atoms with E-state index in [2.05, 4.69) is 35.1 Å². The first-order chi connectivity index (χ1) is 19.2. The molecule has 5 rings (SSSR count). The second kappa shape index (κ2) is 11.6. The van der Waals surface area contributed by atoms with Crippen LogP contribution in [0.4, 0.5) is 24.9 Å². The van der Waals surface area contributed by atoms with Gasteiger partial charge < -0.3 is 19.9 Å². The lowest BCUT2D eigenvalue weighted by Gasteiger charge is -2.38. The number of ether oxygens (including phenoxy) is 1. The number of H-pyrrole nitrogens is 1. The molecule has 4 aromatic rings. The Bertz CT molecular complexity index is 1480. The normalized spacial score (nSPS) is 15.4. The van der Waals surface area contributed by atoms with Gasteiger partial charge >= 0.3 is 6.18 Å². The monoisotopic (exact) mass is 554 g/mol. The van der Waals surface area contributed by atoms with E-state index in [0.717, 1.165) is 33.5 Å². The van der Waals surface area contributed by atoms with Gasteiger partial charge in [0.05, 0.1) is 29.0 Å². The SMILES string of the molecule is COCc1cc(-c2ccc3nc(Nc4cc(C(C)N5CCN(C(=O)CC(F)(F)F)CC5)ccn4)[nH]c3c2)ncn1. The molecular formula is C27H29F3N8O2. The zero-order valence-electron chi connectivity index (χ0n) is 22.1. The Morgan fingerprint density at radius 3 is 2.65 bits per heavy atom.